The number of ether oxygens (including phenoxy) is 2. The molecule has 3 amide bonds. The van der Waals surface area contributed by atoms with Crippen molar-refractivity contribution in [1.29, 1.82) is 0 Å². The van der Waals surface area contributed by atoms with E-state index in [1.54, 1.807) is 18.1 Å². The van der Waals surface area contributed by atoms with Crippen LogP contribution in [0.15, 0.2) is 73.0 Å². The van der Waals surface area contributed by atoms with Crippen LogP contribution in [0.2, 0.25) is 0 Å². The van der Waals surface area contributed by atoms with Crippen molar-refractivity contribution in [1.82, 2.24) is 15.2 Å². The molecule has 3 aromatic rings. The molecule has 2 aromatic carbocycles. The minimum Gasteiger partial charge on any atom is -0.489 e. The monoisotopic (exact) mass is 833 g/mol. The highest BCUT2D eigenvalue weighted by Crippen LogP contribution is 2.43. The van der Waals surface area contributed by atoms with Gasteiger partial charge in [-0.3, -0.25) is 14.4 Å². The number of rotatable bonds is 13. The van der Waals surface area contributed by atoms with E-state index in [9.17, 15) is 14.4 Å². The molecule has 336 valence electrons. The Balaban J connectivity index is 0.00000121. The maximum atomic E-state index is 13.2. The molecule has 0 spiro atoms. The third-order valence-electron chi connectivity index (χ3n) is 11.2. The summed E-state index contributed by atoms with van der Waals surface area (Å²) in [5.41, 5.74) is 10.5. The van der Waals surface area contributed by atoms with Crippen molar-refractivity contribution in [2.75, 3.05) is 57.7 Å². The molecule has 11 nitrogen and oxygen atoms in total. The van der Waals surface area contributed by atoms with Crippen LogP contribution in [0, 0.1) is 17.3 Å². The third kappa shape index (κ3) is 15.5. The molecular weight excluding hydrogens is 753 g/mol. The van der Waals surface area contributed by atoms with E-state index in [0.717, 1.165) is 65.5 Å². The Morgan fingerprint density at radius 2 is 1.75 bits per heavy atom. The van der Waals surface area contributed by atoms with Gasteiger partial charge >= 0.3 is 0 Å². The van der Waals surface area contributed by atoms with Gasteiger partial charge in [-0.1, -0.05) is 52.3 Å². The number of likely N-dealkylation sites (N-methyl/N-ethyl adjacent to an activating group) is 1. The fourth-order valence-corrected chi connectivity index (χ4v) is 6.88. The summed E-state index contributed by atoms with van der Waals surface area (Å²) in [4.78, 5) is 46.9. The number of hydrogen-bond donors (Lipinski definition) is 2. The number of aromatic nitrogens is 1. The van der Waals surface area contributed by atoms with Gasteiger partial charge in [0.2, 0.25) is 17.7 Å². The molecule has 4 atom stereocenters. The van der Waals surface area contributed by atoms with Crippen LogP contribution in [0.3, 0.4) is 0 Å². The number of benzene rings is 2. The first kappa shape index (κ1) is 49.3. The molecule has 2 aliphatic heterocycles. The first-order valence-electron chi connectivity index (χ1n) is 21.7. The highest BCUT2D eigenvalue weighted by molar-refractivity contribution is 5.97. The quantitative estimate of drug-likeness (QED) is 0.163. The number of fused-ring (bicyclic) bond motifs is 3. The number of nitrogens with one attached hydrogen (secondary N) is 1. The molecule has 11 heteroatoms. The summed E-state index contributed by atoms with van der Waals surface area (Å²) in [7, 11) is 7.61. The van der Waals surface area contributed by atoms with Crippen LogP contribution in [0.25, 0.3) is 10.8 Å². The van der Waals surface area contributed by atoms with Crippen molar-refractivity contribution in [2.24, 2.45) is 23.0 Å². The second kappa shape index (κ2) is 23.7. The minimum absolute atomic E-state index is 0. The molecule has 1 aromatic heterocycles. The lowest BCUT2D eigenvalue weighted by Gasteiger charge is -2.28. The lowest BCUT2D eigenvalue weighted by Crippen LogP contribution is -2.44. The number of amides is 3. The summed E-state index contributed by atoms with van der Waals surface area (Å²) in [5, 5.41) is 4.36. The van der Waals surface area contributed by atoms with E-state index >= 15 is 0 Å². The SMILES string of the molecule is C/C=C\CC[C@@H](C)C[C@@H](C)CC(=O)N1C[C@H](Oc2nccc3c4c(ccc23)N(C)CCO4)C[C@H]1C(N)=O.C=C(C)CC.CC1(C)CC1.CNC(=O)c1ccc(N(C)C)cc1.[HH].[HH].[HH]. The molecule has 1 aliphatic carbocycles. The predicted molar refractivity (Wildman–Crippen MR) is 254 cm³/mol. The van der Waals surface area contributed by atoms with Crippen molar-refractivity contribution >= 4 is 39.9 Å². The van der Waals surface area contributed by atoms with Gasteiger partial charge in [0.1, 0.15) is 18.8 Å². The molecule has 0 bridgehead atoms. The molecule has 2 fully saturated rings. The van der Waals surface area contributed by atoms with Crippen LogP contribution in [-0.2, 0) is 9.59 Å². The van der Waals surface area contributed by atoms with E-state index in [0.29, 0.717) is 43.4 Å². The van der Waals surface area contributed by atoms with Crippen molar-refractivity contribution in [2.45, 2.75) is 112 Å². The van der Waals surface area contributed by atoms with Gasteiger partial charge in [0.05, 0.1) is 18.8 Å². The van der Waals surface area contributed by atoms with E-state index in [2.05, 4.69) is 68.6 Å². The molecule has 60 heavy (non-hydrogen) atoms. The van der Waals surface area contributed by atoms with Gasteiger partial charge in [-0.05, 0) is 112 Å². The minimum atomic E-state index is -0.670. The number of carbonyl (C=O) groups excluding carboxylic acids is 3. The third-order valence-corrected chi connectivity index (χ3v) is 11.2. The molecule has 1 saturated carbocycles. The lowest BCUT2D eigenvalue weighted by molar-refractivity contribution is -0.138. The maximum Gasteiger partial charge on any atom is 0.251 e. The summed E-state index contributed by atoms with van der Waals surface area (Å²) in [6.45, 7) is 20.5. The van der Waals surface area contributed by atoms with Gasteiger partial charge in [-0.25, -0.2) is 4.98 Å². The topological polar surface area (TPSA) is 130 Å². The smallest absolute Gasteiger partial charge is 0.251 e. The highest BCUT2D eigenvalue weighted by atomic mass is 16.5. The van der Waals surface area contributed by atoms with Gasteiger partial charge in [-0.2, -0.15) is 0 Å². The number of allylic oxidation sites excluding steroid dienone is 3. The average Bonchev–Trinajstić information content (AvgIpc) is 3.74. The zero-order valence-electron chi connectivity index (χ0n) is 38.5. The largest absolute Gasteiger partial charge is 0.489 e. The fraction of sp³-hybridized carbons (Fsp3) is 0.551. The maximum absolute atomic E-state index is 13.2. The number of anilines is 2. The Bertz CT molecular complexity index is 1900. The van der Waals surface area contributed by atoms with Gasteiger partial charge in [-0.15, -0.1) is 6.58 Å². The summed E-state index contributed by atoms with van der Waals surface area (Å²) < 4.78 is 12.3. The van der Waals surface area contributed by atoms with E-state index in [4.69, 9.17) is 15.2 Å². The van der Waals surface area contributed by atoms with Crippen LogP contribution in [-0.4, -0.2) is 87.6 Å². The molecule has 3 heterocycles. The molecule has 1 saturated heterocycles. The van der Waals surface area contributed by atoms with Crippen molar-refractivity contribution in [3.63, 3.8) is 0 Å². The molecule has 6 rings (SSSR count). The molecule has 0 unspecified atom stereocenters. The summed E-state index contributed by atoms with van der Waals surface area (Å²) >= 11 is 0. The Morgan fingerprint density at radius 3 is 2.30 bits per heavy atom. The van der Waals surface area contributed by atoms with Crippen LogP contribution in [0.4, 0.5) is 11.4 Å². The Morgan fingerprint density at radius 1 is 1.10 bits per heavy atom. The second-order valence-electron chi connectivity index (χ2n) is 17.6. The number of nitrogens with zero attached hydrogens (tertiary/aromatic N) is 4. The Kier molecular flexibility index (Phi) is 19.4. The van der Waals surface area contributed by atoms with Gasteiger partial charge in [0, 0.05) is 73.5 Å². The second-order valence-corrected chi connectivity index (χ2v) is 17.6. The number of pyridine rings is 1. The van der Waals surface area contributed by atoms with Gasteiger partial charge in [0.25, 0.3) is 5.91 Å². The van der Waals surface area contributed by atoms with Crippen LogP contribution >= 0.6 is 0 Å². The van der Waals surface area contributed by atoms with Crippen LogP contribution in [0.1, 0.15) is 114 Å². The van der Waals surface area contributed by atoms with Crippen molar-refractivity contribution < 1.29 is 28.1 Å². The Labute approximate surface area is 365 Å². The lowest BCUT2D eigenvalue weighted by atomic mass is 9.91. The molecule has 3 N–H and O–H groups in total. The van der Waals surface area contributed by atoms with Crippen LogP contribution in [0.5, 0.6) is 11.6 Å². The fourth-order valence-electron chi connectivity index (χ4n) is 6.88. The number of nitrogens with two attached hydrogens (primary N) is 1. The summed E-state index contributed by atoms with van der Waals surface area (Å²) in [5.74, 6) is 1.47. The summed E-state index contributed by atoms with van der Waals surface area (Å²) in [6, 6.07) is 12.7. The van der Waals surface area contributed by atoms with Crippen molar-refractivity contribution in [3.8, 4) is 11.6 Å². The van der Waals surface area contributed by atoms with E-state index in [1.165, 1.54) is 18.4 Å². The summed E-state index contributed by atoms with van der Waals surface area (Å²) in [6.07, 6.45) is 13.5. The average molecular weight is 833 g/mol. The predicted octanol–water partition coefficient (Wildman–Crippen LogP) is 9.93. The van der Waals surface area contributed by atoms with E-state index in [1.807, 2.05) is 82.4 Å². The van der Waals surface area contributed by atoms with Gasteiger partial charge in [0.15, 0.2) is 5.75 Å². The number of carbonyl (C=O) groups is 3. The van der Waals surface area contributed by atoms with Crippen LogP contribution < -0.4 is 30.3 Å². The van der Waals surface area contributed by atoms with E-state index < -0.39 is 11.9 Å². The standard InChI is InChI=1S/C29H40N4O4.C10H14N2O.2C5H10.3H2/c1-5-6-7-8-19(2)15-20(3)16-26(34)33-18-21(17-25(33)28(30)35)37-29-23-9-10-24-27(22(23)11-12-31-29)36-14-13-32(24)4;1-11-10(13)8-4-6-9(7-5-8)12(2)3;1-5(2)3-4-5;1-4-5(2)3;;;/h5-6,9-12,19-21,25H,7-8,13-18H2,1-4H3,(H2,30,35);4-7H,1-3H3,(H,11,13);3-4H2,1-2H3;2,4H2,1,3H3;3*1H/b6-5-;;;;;;/t19-,20-,21-,25+;;;;;;/m1....../s1. The zero-order chi connectivity index (χ0) is 44.6. The van der Waals surface area contributed by atoms with Gasteiger partial charge < -0.3 is 35.2 Å². The highest BCUT2D eigenvalue weighted by Gasteiger charge is 2.40. The Hall–Kier alpha value is -5.06. The molecule has 3 aliphatic rings. The van der Waals surface area contributed by atoms with Crippen molar-refractivity contribution in [3.05, 3.63) is 78.5 Å². The molecular formula is C49H80N6O5. The first-order chi connectivity index (χ1) is 28.4. The number of likely N-dealkylation sites (tertiary alicyclic amines) is 1. The van der Waals surface area contributed by atoms with E-state index in [-0.39, 0.29) is 28.1 Å². The normalized spacial score (nSPS) is 18.2. The first-order valence-corrected chi connectivity index (χ1v) is 21.7. The number of primary amides is 1. The number of hydrogen-bond acceptors (Lipinski definition) is 8. The zero-order valence-corrected chi connectivity index (χ0v) is 38.5. The molecule has 0 radical (unpaired) electrons.